The van der Waals surface area contributed by atoms with E-state index >= 15 is 0 Å². The molecule has 0 unspecified atom stereocenters. The lowest BCUT2D eigenvalue weighted by atomic mass is 10.2. The van der Waals surface area contributed by atoms with Gasteiger partial charge in [-0.25, -0.2) is 4.68 Å². The summed E-state index contributed by atoms with van der Waals surface area (Å²) in [5, 5.41) is 6.91. The number of nitrogens with zero attached hydrogens (tertiary/aromatic N) is 1. The van der Waals surface area contributed by atoms with Gasteiger partial charge >= 0.3 is 11.8 Å². The number of fused-ring (bicyclic) bond motifs is 1. The molecule has 3 rings (SSSR count). The number of rotatable bonds is 5. The van der Waals surface area contributed by atoms with E-state index in [1.807, 2.05) is 6.92 Å². The van der Waals surface area contributed by atoms with Gasteiger partial charge in [-0.1, -0.05) is 36.2 Å². The molecular formula is C21H20Cl2N4O3. The van der Waals surface area contributed by atoms with Crippen molar-refractivity contribution >= 4 is 57.5 Å². The first kappa shape index (κ1) is 21.7. The van der Waals surface area contributed by atoms with E-state index in [0.717, 1.165) is 0 Å². The Hall–Kier alpha value is -3.03. The zero-order valence-electron chi connectivity index (χ0n) is 16.4. The summed E-state index contributed by atoms with van der Waals surface area (Å²) in [4.78, 5) is 37.4. The Bertz CT molecular complexity index is 1140. The summed E-state index contributed by atoms with van der Waals surface area (Å²) in [5.74, 6) is -2.16. The molecule has 7 nitrogen and oxygen atoms in total. The molecule has 1 aromatic heterocycles. The average molecular weight is 447 g/mol. The second-order valence-electron chi connectivity index (χ2n) is 6.63. The number of carbonyl (C=O) groups excluding carboxylic acids is 3. The van der Waals surface area contributed by atoms with E-state index in [4.69, 9.17) is 23.2 Å². The molecule has 0 fully saturated rings. The molecule has 156 valence electrons. The van der Waals surface area contributed by atoms with Gasteiger partial charge in [0.1, 0.15) is 5.69 Å². The van der Waals surface area contributed by atoms with Crippen LogP contribution in [0.5, 0.6) is 0 Å². The Kier molecular flexibility index (Phi) is 6.64. The smallest absolute Gasteiger partial charge is 0.328 e. The molecule has 0 aliphatic rings. The van der Waals surface area contributed by atoms with Gasteiger partial charge in [-0.3, -0.25) is 19.8 Å². The van der Waals surface area contributed by atoms with E-state index in [2.05, 4.69) is 16.1 Å². The third-order valence-corrected chi connectivity index (χ3v) is 5.11. The van der Waals surface area contributed by atoms with Crippen molar-refractivity contribution < 1.29 is 14.4 Å². The van der Waals surface area contributed by atoms with E-state index < -0.39 is 17.7 Å². The molecule has 0 radical (unpaired) electrons. The van der Waals surface area contributed by atoms with Gasteiger partial charge in [-0.2, -0.15) is 0 Å². The molecule has 3 amide bonds. The van der Waals surface area contributed by atoms with Gasteiger partial charge in [0.2, 0.25) is 0 Å². The first-order chi connectivity index (χ1) is 14.3. The number of halogens is 2. The van der Waals surface area contributed by atoms with Crippen molar-refractivity contribution in [2.45, 2.75) is 20.3 Å². The highest BCUT2D eigenvalue weighted by Crippen LogP contribution is 2.26. The van der Waals surface area contributed by atoms with Crippen molar-refractivity contribution in [3.8, 4) is 0 Å². The SMILES string of the molecule is CCCNC(=O)C(=O)Nn1c(C(=O)Nc2cccc(Cl)c2C)cc2cc(Cl)ccc21. The third kappa shape index (κ3) is 4.58. The van der Waals surface area contributed by atoms with Gasteiger partial charge in [0.05, 0.1) is 5.52 Å². The van der Waals surface area contributed by atoms with Crippen molar-refractivity contribution in [1.82, 2.24) is 9.99 Å². The fourth-order valence-corrected chi connectivity index (χ4v) is 3.23. The number of nitrogens with one attached hydrogen (secondary N) is 3. The van der Waals surface area contributed by atoms with E-state index in [1.54, 1.807) is 49.4 Å². The molecular weight excluding hydrogens is 427 g/mol. The van der Waals surface area contributed by atoms with Gasteiger partial charge in [0, 0.05) is 27.7 Å². The Labute approximate surface area is 183 Å². The molecule has 0 aliphatic carbocycles. The molecule has 2 aromatic carbocycles. The number of anilines is 1. The topological polar surface area (TPSA) is 92.2 Å². The molecule has 0 bridgehead atoms. The summed E-state index contributed by atoms with van der Waals surface area (Å²) in [6.45, 7) is 4.03. The van der Waals surface area contributed by atoms with Crippen LogP contribution >= 0.6 is 23.2 Å². The van der Waals surface area contributed by atoms with Crippen LogP contribution in [0.25, 0.3) is 10.9 Å². The standard InChI is InChI=1S/C21H20Cl2N4O3/c1-3-9-24-20(29)21(30)26-27-17-8-7-14(22)10-13(17)11-18(27)19(28)25-16-6-4-5-15(23)12(16)2/h4-8,10-11H,3,9H2,1-2H3,(H,24,29)(H,25,28)(H,26,30). The third-order valence-electron chi connectivity index (χ3n) is 4.47. The fraction of sp³-hybridized carbons (Fsp3) is 0.190. The predicted molar refractivity (Wildman–Crippen MR) is 119 cm³/mol. The van der Waals surface area contributed by atoms with Crippen LogP contribution in [0.3, 0.4) is 0 Å². The van der Waals surface area contributed by atoms with Gasteiger partial charge in [0.15, 0.2) is 0 Å². The maximum Gasteiger partial charge on any atom is 0.328 e. The highest BCUT2D eigenvalue weighted by Gasteiger charge is 2.21. The lowest BCUT2D eigenvalue weighted by Crippen LogP contribution is -2.40. The summed E-state index contributed by atoms with van der Waals surface area (Å²) in [7, 11) is 0. The molecule has 3 N–H and O–H groups in total. The van der Waals surface area contributed by atoms with Gasteiger partial charge < -0.3 is 10.6 Å². The Morgan fingerprint density at radius 1 is 1.03 bits per heavy atom. The van der Waals surface area contributed by atoms with E-state index in [0.29, 0.717) is 45.2 Å². The predicted octanol–water partition coefficient (Wildman–Crippen LogP) is 4.11. The van der Waals surface area contributed by atoms with E-state index in [9.17, 15) is 14.4 Å². The molecule has 0 atom stereocenters. The summed E-state index contributed by atoms with van der Waals surface area (Å²) in [5.41, 5.74) is 4.38. The highest BCUT2D eigenvalue weighted by atomic mass is 35.5. The van der Waals surface area contributed by atoms with Crippen LogP contribution in [-0.4, -0.2) is 28.9 Å². The Morgan fingerprint density at radius 3 is 2.53 bits per heavy atom. The molecule has 0 saturated heterocycles. The van der Waals surface area contributed by atoms with Crippen molar-refractivity contribution in [3.05, 3.63) is 63.8 Å². The second-order valence-corrected chi connectivity index (χ2v) is 7.48. The van der Waals surface area contributed by atoms with Gasteiger partial charge in [0.25, 0.3) is 5.91 Å². The minimum absolute atomic E-state index is 0.128. The van der Waals surface area contributed by atoms with Crippen LogP contribution in [-0.2, 0) is 9.59 Å². The second kappa shape index (κ2) is 9.19. The van der Waals surface area contributed by atoms with E-state index in [1.165, 1.54) is 4.68 Å². The summed E-state index contributed by atoms with van der Waals surface area (Å²) in [6, 6.07) is 11.7. The van der Waals surface area contributed by atoms with Crippen LogP contribution in [0.15, 0.2) is 42.5 Å². The minimum atomic E-state index is -0.885. The fourth-order valence-electron chi connectivity index (χ4n) is 2.87. The van der Waals surface area contributed by atoms with Crippen molar-refractivity contribution in [3.63, 3.8) is 0 Å². The van der Waals surface area contributed by atoms with Gasteiger partial charge in [-0.15, -0.1) is 0 Å². The number of amides is 3. The number of carbonyl (C=O) groups is 3. The molecule has 3 aromatic rings. The first-order valence-corrected chi connectivity index (χ1v) is 10.0. The lowest BCUT2D eigenvalue weighted by molar-refractivity contribution is -0.136. The number of hydrogen-bond acceptors (Lipinski definition) is 3. The Balaban J connectivity index is 1.97. The molecule has 1 heterocycles. The maximum absolute atomic E-state index is 13.0. The van der Waals surface area contributed by atoms with Crippen molar-refractivity contribution in [1.29, 1.82) is 0 Å². The molecule has 0 spiro atoms. The zero-order chi connectivity index (χ0) is 21.8. The van der Waals surface area contributed by atoms with E-state index in [-0.39, 0.29) is 5.69 Å². The van der Waals surface area contributed by atoms with Gasteiger partial charge in [-0.05, 0) is 55.3 Å². The van der Waals surface area contributed by atoms with Crippen LogP contribution in [0, 0.1) is 6.92 Å². The molecule has 0 aliphatic heterocycles. The summed E-state index contributed by atoms with van der Waals surface area (Å²) < 4.78 is 1.27. The zero-order valence-corrected chi connectivity index (χ0v) is 17.9. The average Bonchev–Trinajstić information content (AvgIpc) is 3.06. The first-order valence-electron chi connectivity index (χ1n) is 9.28. The number of hydrogen-bond donors (Lipinski definition) is 3. The van der Waals surface area contributed by atoms with Crippen molar-refractivity contribution in [2.75, 3.05) is 17.3 Å². The molecule has 9 heteroatoms. The van der Waals surface area contributed by atoms with Crippen LogP contribution in [0.2, 0.25) is 10.0 Å². The van der Waals surface area contributed by atoms with Crippen LogP contribution in [0.4, 0.5) is 5.69 Å². The summed E-state index contributed by atoms with van der Waals surface area (Å²) in [6.07, 6.45) is 0.691. The normalized spacial score (nSPS) is 10.7. The van der Waals surface area contributed by atoms with Crippen molar-refractivity contribution in [2.24, 2.45) is 0 Å². The molecule has 0 saturated carbocycles. The number of aromatic nitrogens is 1. The van der Waals surface area contributed by atoms with Crippen LogP contribution < -0.4 is 16.1 Å². The maximum atomic E-state index is 13.0. The quantitative estimate of drug-likeness (QED) is 0.514. The Morgan fingerprint density at radius 2 is 1.80 bits per heavy atom. The minimum Gasteiger partial charge on any atom is -0.348 e. The van der Waals surface area contributed by atoms with Crippen LogP contribution in [0.1, 0.15) is 29.4 Å². The number of benzene rings is 2. The summed E-state index contributed by atoms with van der Waals surface area (Å²) >= 11 is 12.2. The monoisotopic (exact) mass is 446 g/mol. The largest absolute Gasteiger partial charge is 0.348 e. The highest BCUT2D eigenvalue weighted by molar-refractivity contribution is 6.38. The molecule has 30 heavy (non-hydrogen) atoms. The lowest BCUT2D eigenvalue weighted by Gasteiger charge is -2.13.